The lowest BCUT2D eigenvalue weighted by Gasteiger charge is -2.10. The van der Waals surface area contributed by atoms with Gasteiger partial charge in [-0.2, -0.15) is 0 Å². The van der Waals surface area contributed by atoms with Crippen LogP contribution >= 0.6 is 7.60 Å². The van der Waals surface area contributed by atoms with E-state index in [0.717, 1.165) is 0 Å². The minimum atomic E-state index is -3.90. The van der Waals surface area contributed by atoms with Gasteiger partial charge < -0.3 is 19.4 Å². The number of rotatable bonds is 5. The van der Waals surface area contributed by atoms with Gasteiger partial charge in [0.15, 0.2) is 0 Å². The highest BCUT2D eigenvalue weighted by atomic mass is 31.2. The SMILES string of the molecule is CC(CCCP(=O)(O)O)[SiH](O)O. The first-order valence-electron chi connectivity index (χ1n) is 3.73. The van der Waals surface area contributed by atoms with Gasteiger partial charge in [0, 0.05) is 6.16 Å². The van der Waals surface area contributed by atoms with E-state index in [4.69, 9.17) is 19.4 Å². The molecule has 1 unspecified atom stereocenters. The predicted octanol–water partition coefficient (Wildman–Crippen LogP) is -0.461. The van der Waals surface area contributed by atoms with E-state index in [1.54, 1.807) is 6.92 Å². The van der Waals surface area contributed by atoms with Gasteiger partial charge in [-0.15, -0.1) is 0 Å². The summed E-state index contributed by atoms with van der Waals surface area (Å²) in [6, 6.07) is 0. The van der Waals surface area contributed by atoms with E-state index in [2.05, 4.69) is 0 Å². The average Bonchev–Trinajstić information content (AvgIpc) is 1.84. The normalized spacial score (nSPS) is 15.2. The second-order valence-corrected chi connectivity index (χ2v) is 6.66. The molecule has 0 aliphatic heterocycles. The third-order valence-electron chi connectivity index (χ3n) is 1.62. The van der Waals surface area contributed by atoms with Crippen LogP contribution in [0.2, 0.25) is 5.54 Å². The quantitative estimate of drug-likeness (QED) is 0.367. The first-order chi connectivity index (χ1) is 5.33. The van der Waals surface area contributed by atoms with Crippen molar-refractivity contribution in [2.24, 2.45) is 0 Å². The Hall–Kier alpha value is 0.287. The maximum absolute atomic E-state index is 10.4. The fourth-order valence-electron chi connectivity index (χ4n) is 0.768. The van der Waals surface area contributed by atoms with Crippen molar-refractivity contribution in [3.63, 3.8) is 0 Å². The maximum Gasteiger partial charge on any atom is 0.325 e. The van der Waals surface area contributed by atoms with Crippen LogP contribution < -0.4 is 0 Å². The molecule has 0 amide bonds. The summed E-state index contributed by atoms with van der Waals surface area (Å²) >= 11 is 0. The molecule has 7 heteroatoms. The maximum atomic E-state index is 10.4. The second kappa shape index (κ2) is 5.11. The topological polar surface area (TPSA) is 98.0 Å². The van der Waals surface area contributed by atoms with E-state index in [0.29, 0.717) is 12.8 Å². The minimum absolute atomic E-state index is 0.168. The lowest BCUT2D eigenvalue weighted by Crippen LogP contribution is -2.17. The van der Waals surface area contributed by atoms with Gasteiger partial charge >= 0.3 is 16.9 Å². The Morgan fingerprint density at radius 1 is 1.42 bits per heavy atom. The van der Waals surface area contributed by atoms with Gasteiger partial charge in [0.2, 0.25) is 0 Å². The molecule has 0 spiro atoms. The summed E-state index contributed by atoms with van der Waals surface area (Å²) in [5.74, 6) is 0. The van der Waals surface area contributed by atoms with Gasteiger partial charge in [-0.25, -0.2) is 0 Å². The molecule has 0 aromatic rings. The molecule has 0 saturated heterocycles. The summed E-state index contributed by atoms with van der Waals surface area (Å²) in [7, 11) is -6.50. The van der Waals surface area contributed by atoms with Gasteiger partial charge in [0.05, 0.1) is 0 Å². The molecule has 4 N–H and O–H groups in total. The Morgan fingerprint density at radius 2 is 1.92 bits per heavy atom. The fourth-order valence-corrected chi connectivity index (χ4v) is 1.90. The van der Waals surface area contributed by atoms with Crippen LogP contribution in [-0.4, -0.2) is 34.8 Å². The Balaban J connectivity index is 3.51. The molecule has 0 aromatic carbocycles. The first kappa shape index (κ1) is 12.3. The highest BCUT2D eigenvalue weighted by Crippen LogP contribution is 2.36. The van der Waals surface area contributed by atoms with E-state index in [1.807, 2.05) is 0 Å². The van der Waals surface area contributed by atoms with Gasteiger partial charge in [-0.05, 0) is 18.4 Å². The van der Waals surface area contributed by atoms with Crippen LogP contribution in [0.3, 0.4) is 0 Å². The molecule has 0 aliphatic rings. The van der Waals surface area contributed by atoms with E-state index in [-0.39, 0.29) is 11.7 Å². The van der Waals surface area contributed by atoms with E-state index >= 15 is 0 Å². The summed E-state index contributed by atoms with van der Waals surface area (Å²) in [5.41, 5.74) is -0.198. The first-order valence-corrected chi connectivity index (χ1v) is 7.23. The van der Waals surface area contributed by atoms with Crippen molar-refractivity contribution in [3.05, 3.63) is 0 Å². The minimum Gasteiger partial charge on any atom is -0.413 e. The lowest BCUT2D eigenvalue weighted by molar-refractivity contribution is 0.365. The summed E-state index contributed by atoms with van der Waals surface area (Å²) in [4.78, 5) is 34.4. The number of hydrogen-bond donors (Lipinski definition) is 4. The Labute approximate surface area is 73.1 Å². The third-order valence-corrected chi connectivity index (χ3v) is 3.87. The van der Waals surface area contributed by atoms with Crippen molar-refractivity contribution >= 4 is 16.9 Å². The summed E-state index contributed by atoms with van der Waals surface area (Å²) in [6.07, 6.45) is 0.642. The molecule has 0 radical (unpaired) electrons. The van der Waals surface area contributed by atoms with Gasteiger partial charge in [0.25, 0.3) is 0 Å². The van der Waals surface area contributed by atoms with Gasteiger partial charge in [-0.3, -0.25) is 4.57 Å². The Kier molecular flexibility index (Phi) is 5.23. The van der Waals surface area contributed by atoms with Gasteiger partial charge in [-0.1, -0.05) is 6.92 Å². The van der Waals surface area contributed by atoms with E-state index < -0.39 is 16.9 Å². The second-order valence-electron chi connectivity index (χ2n) is 2.92. The monoisotopic (exact) mass is 214 g/mol. The third kappa shape index (κ3) is 6.96. The highest BCUT2D eigenvalue weighted by Gasteiger charge is 2.17. The molecule has 12 heavy (non-hydrogen) atoms. The van der Waals surface area contributed by atoms with Gasteiger partial charge in [0.1, 0.15) is 0 Å². The molecule has 0 aliphatic carbocycles. The molecule has 0 heterocycles. The van der Waals surface area contributed by atoms with Crippen molar-refractivity contribution in [1.29, 1.82) is 0 Å². The van der Waals surface area contributed by atoms with Crippen LogP contribution in [0.5, 0.6) is 0 Å². The molecule has 74 valence electrons. The van der Waals surface area contributed by atoms with E-state index in [1.165, 1.54) is 0 Å². The van der Waals surface area contributed by atoms with Crippen molar-refractivity contribution in [3.8, 4) is 0 Å². The molecule has 0 fully saturated rings. The molecule has 0 rings (SSSR count). The van der Waals surface area contributed by atoms with Crippen LogP contribution in [0.25, 0.3) is 0 Å². The molecule has 0 bridgehead atoms. The van der Waals surface area contributed by atoms with E-state index in [9.17, 15) is 4.57 Å². The standard InChI is InChI=1S/C5H15O5PSi/c1-5(12(9)10)3-2-4-11(6,7)8/h5,9-10,12H,2-4H2,1H3,(H2,6,7,8). The Morgan fingerprint density at radius 3 is 2.25 bits per heavy atom. The number of hydrogen-bond acceptors (Lipinski definition) is 3. The predicted molar refractivity (Wildman–Crippen MR) is 47.2 cm³/mol. The molecular formula is C5H15O5PSi. The summed E-state index contributed by atoms with van der Waals surface area (Å²) in [6.45, 7) is 1.68. The lowest BCUT2D eigenvalue weighted by atomic mass is 10.3. The highest BCUT2D eigenvalue weighted by molar-refractivity contribution is 7.51. The zero-order valence-electron chi connectivity index (χ0n) is 6.92. The molecular weight excluding hydrogens is 199 g/mol. The Bertz CT molecular complexity index is 167. The zero-order chi connectivity index (χ0) is 9.78. The van der Waals surface area contributed by atoms with Crippen LogP contribution in [0.1, 0.15) is 19.8 Å². The fraction of sp³-hybridized carbons (Fsp3) is 1.00. The van der Waals surface area contributed by atoms with Crippen molar-refractivity contribution in [1.82, 2.24) is 0 Å². The average molecular weight is 214 g/mol. The van der Waals surface area contributed by atoms with Crippen LogP contribution in [0.15, 0.2) is 0 Å². The summed E-state index contributed by atoms with van der Waals surface area (Å²) < 4.78 is 10.4. The van der Waals surface area contributed by atoms with Crippen molar-refractivity contribution in [2.75, 3.05) is 6.16 Å². The molecule has 0 aromatic heterocycles. The smallest absolute Gasteiger partial charge is 0.325 e. The zero-order valence-corrected chi connectivity index (χ0v) is 8.97. The van der Waals surface area contributed by atoms with Crippen LogP contribution in [0.4, 0.5) is 0 Å². The van der Waals surface area contributed by atoms with Crippen molar-refractivity contribution < 1.29 is 23.9 Å². The molecule has 1 atom stereocenters. The van der Waals surface area contributed by atoms with Crippen LogP contribution in [0, 0.1) is 0 Å². The van der Waals surface area contributed by atoms with Crippen molar-refractivity contribution in [2.45, 2.75) is 25.3 Å². The molecule has 0 saturated carbocycles. The van der Waals surface area contributed by atoms with Crippen LogP contribution in [-0.2, 0) is 4.57 Å². The largest absolute Gasteiger partial charge is 0.413 e. The molecule has 5 nitrogen and oxygen atoms in total. The summed E-state index contributed by atoms with van der Waals surface area (Å²) in [5, 5.41) is 0.